The van der Waals surface area contributed by atoms with Crippen LogP contribution in [0, 0.1) is 36.4 Å². The number of likely N-dealkylation sites (tertiary alicyclic amines) is 1. The molecule has 1 fully saturated rings. The molecule has 0 radical (unpaired) electrons. The Hall–Kier alpha value is -5.34. The molecule has 3 unspecified atom stereocenters. The number of aromatic nitrogens is 2. The molecular formula is C37H38FN5O5. The summed E-state index contributed by atoms with van der Waals surface area (Å²) in [6.45, 7) is 8.82. The average Bonchev–Trinajstić information content (AvgIpc) is 3.46. The number of nitriles is 1. The van der Waals surface area contributed by atoms with E-state index in [1.807, 2.05) is 30.3 Å². The Kier molecular flexibility index (Phi) is 10.1. The van der Waals surface area contributed by atoms with E-state index in [4.69, 9.17) is 9.47 Å². The number of amides is 2. The third kappa shape index (κ3) is 7.45. The minimum atomic E-state index is -1.01. The molecular weight excluding hydrogens is 613 g/mol. The highest BCUT2D eigenvalue weighted by Gasteiger charge is 2.52. The summed E-state index contributed by atoms with van der Waals surface area (Å²) in [7, 11) is 0. The van der Waals surface area contributed by atoms with Crippen molar-refractivity contribution in [3.63, 3.8) is 0 Å². The molecule has 1 aromatic heterocycles. The molecule has 11 heteroatoms. The fraction of sp³-hybridized carbons (Fsp3) is 0.324. The third-order valence-electron chi connectivity index (χ3n) is 8.59. The van der Waals surface area contributed by atoms with Gasteiger partial charge in [0.25, 0.3) is 5.91 Å². The second-order valence-electron chi connectivity index (χ2n) is 12.6. The Balaban J connectivity index is 1.40. The average molecular weight is 652 g/mol. The molecule has 1 aliphatic rings. The molecule has 5 rings (SSSR count). The number of benzene rings is 3. The Morgan fingerprint density at radius 1 is 1.08 bits per heavy atom. The normalized spacial score (nSPS) is 18.2. The maximum Gasteiger partial charge on any atom is 0.307 e. The van der Waals surface area contributed by atoms with Crippen molar-refractivity contribution in [2.24, 2.45) is 5.41 Å². The van der Waals surface area contributed by atoms with Crippen molar-refractivity contribution in [1.82, 2.24) is 20.4 Å². The van der Waals surface area contributed by atoms with Crippen LogP contribution in [0.15, 0.2) is 83.7 Å². The number of aromatic amines is 1. The molecule has 4 atom stereocenters. The lowest BCUT2D eigenvalue weighted by Gasteiger charge is -2.38. The second kappa shape index (κ2) is 14.2. The largest absolute Gasteiger partial charge is 0.451 e. The van der Waals surface area contributed by atoms with Gasteiger partial charge in [0, 0.05) is 11.6 Å². The van der Waals surface area contributed by atoms with Gasteiger partial charge >= 0.3 is 5.56 Å². The van der Waals surface area contributed by atoms with Crippen LogP contribution in [0.3, 0.4) is 0 Å². The predicted molar refractivity (Wildman–Crippen MR) is 177 cm³/mol. The summed E-state index contributed by atoms with van der Waals surface area (Å²) >= 11 is 0. The van der Waals surface area contributed by atoms with E-state index >= 15 is 0 Å². The molecule has 0 aliphatic carbocycles. The molecule has 10 nitrogen and oxygen atoms in total. The minimum Gasteiger partial charge on any atom is -0.451 e. The summed E-state index contributed by atoms with van der Waals surface area (Å²) in [6.07, 6.45) is -0.218. The molecule has 2 heterocycles. The number of H-pyrrole nitrogens is 1. The van der Waals surface area contributed by atoms with Crippen molar-refractivity contribution in [3.8, 4) is 17.6 Å². The fourth-order valence-electron chi connectivity index (χ4n) is 5.99. The Labute approximate surface area is 278 Å². The summed E-state index contributed by atoms with van der Waals surface area (Å²) < 4.78 is 26.8. The van der Waals surface area contributed by atoms with Crippen LogP contribution in [0.25, 0.3) is 0 Å². The van der Waals surface area contributed by atoms with E-state index in [0.29, 0.717) is 29.0 Å². The van der Waals surface area contributed by atoms with Gasteiger partial charge in [0.05, 0.1) is 42.0 Å². The first-order valence-corrected chi connectivity index (χ1v) is 15.7. The standard InChI is InChI=1S/C37H38FN5O5/c1-22-16-27(14-15-29(22)48-31-17-23(2)41-42-35(31)45)34(44)40-24(3)36(46)43-32(37(4,5)21-39)19-30(47-20-25-10-7-6-8-11-25)33(43)26-12-9-13-28(38)18-26/h6-18,24,30,32-33H,19-20H2,1-5H3,(H,40,44)(H,42,45)/t24-,30?,32?,33?/m1/s1. The van der Waals surface area contributed by atoms with E-state index in [1.54, 1.807) is 63.8 Å². The summed E-state index contributed by atoms with van der Waals surface area (Å²) in [5.41, 5.74) is 1.44. The van der Waals surface area contributed by atoms with Crippen LogP contribution in [0.4, 0.5) is 4.39 Å². The number of hydrogen-bond acceptors (Lipinski definition) is 7. The van der Waals surface area contributed by atoms with Crippen molar-refractivity contribution in [3.05, 3.63) is 123 Å². The lowest BCUT2D eigenvalue weighted by atomic mass is 9.84. The van der Waals surface area contributed by atoms with Crippen LogP contribution >= 0.6 is 0 Å². The number of halogens is 1. The topological polar surface area (TPSA) is 137 Å². The number of carbonyl (C=O) groups excluding carboxylic acids is 2. The van der Waals surface area contributed by atoms with Crippen LogP contribution in [-0.4, -0.2) is 45.1 Å². The maximum absolute atomic E-state index is 14.6. The van der Waals surface area contributed by atoms with Crippen molar-refractivity contribution in [1.29, 1.82) is 5.26 Å². The Morgan fingerprint density at radius 3 is 2.52 bits per heavy atom. The van der Waals surface area contributed by atoms with Gasteiger partial charge in [-0.2, -0.15) is 10.4 Å². The number of ether oxygens (including phenoxy) is 2. The van der Waals surface area contributed by atoms with Gasteiger partial charge in [-0.25, -0.2) is 9.49 Å². The Bertz CT molecular complexity index is 1900. The molecule has 1 aliphatic heterocycles. The first-order chi connectivity index (χ1) is 22.9. The van der Waals surface area contributed by atoms with E-state index in [-0.39, 0.29) is 17.9 Å². The van der Waals surface area contributed by atoms with Gasteiger partial charge in [-0.05, 0) is 88.1 Å². The molecule has 2 N–H and O–H groups in total. The number of aryl methyl sites for hydroxylation is 2. The van der Waals surface area contributed by atoms with Crippen molar-refractivity contribution >= 4 is 11.8 Å². The summed E-state index contributed by atoms with van der Waals surface area (Å²) in [6, 6.07) is 21.9. The van der Waals surface area contributed by atoms with Crippen molar-refractivity contribution in [2.45, 2.75) is 71.9 Å². The zero-order chi connectivity index (χ0) is 34.6. The molecule has 4 aromatic rings. The van der Waals surface area contributed by atoms with Crippen LogP contribution < -0.4 is 15.6 Å². The molecule has 0 bridgehead atoms. The van der Waals surface area contributed by atoms with Gasteiger partial charge < -0.3 is 19.7 Å². The number of nitrogens with zero attached hydrogens (tertiary/aromatic N) is 3. The van der Waals surface area contributed by atoms with E-state index in [2.05, 4.69) is 21.6 Å². The van der Waals surface area contributed by atoms with Gasteiger partial charge in [-0.3, -0.25) is 14.4 Å². The van der Waals surface area contributed by atoms with Gasteiger partial charge in [0.1, 0.15) is 17.6 Å². The smallest absolute Gasteiger partial charge is 0.307 e. The van der Waals surface area contributed by atoms with Crippen LogP contribution in [0.5, 0.6) is 11.5 Å². The maximum atomic E-state index is 14.6. The van der Waals surface area contributed by atoms with Crippen molar-refractivity contribution < 1.29 is 23.5 Å². The highest BCUT2D eigenvalue weighted by Crippen LogP contribution is 2.45. The third-order valence-corrected chi connectivity index (χ3v) is 8.59. The quantitative estimate of drug-likeness (QED) is 0.217. The van der Waals surface area contributed by atoms with Gasteiger partial charge in [0.15, 0.2) is 5.75 Å². The molecule has 1 saturated heterocycles. The van der Waals surface area contributed by atoms with Crippen LogP contribution in [0.2, 0.25) is 0 Å². The zero-order valence-electron chi connectivity index (χ0n) is 27.5. The molecule has 0 saturated carbocycles. The lowest BCUT2D eigenvalue weighted by Crippen LogP contribution is -2.52. The number of nitrogens with one attached hydrogen (secondary N) is 2. The highest BCUT2D eigenvalue weighted by atomic mass is 19.1. The van der Waals surface area contributed by atoms with Gasteiger partial charge in [-0.1, -0.05) is 42.5 Å². The van der Waals surface area contributed by atoms with E-state index in [9.17, 15) is 24.0 Å². The minimum absolute atomic E-state index is 0.0707. The Morgan fingerprint density at radius 2 is 1.83 bits per heavy atom. The number of hydrogen-bond donors (Lipinski definition) is 2. The fourth-order valence-corrected chi connectivity index (χ4v) is 5.99. The molecule has 3 aromatic carbocycles. The highest BCUT2D eigenvalue weighted by molar-refractivity contribution is 5.98. The summed E-state index contributed by atoms with van der Waals surface area (Å²) in [5, 5.41) is 19.2. The van der Waals surface area contributed by atoms with E-state index in [1.165, 1.54) is 24.3 Å². The van der Waals surface area contributed by atoms with Crippen molar-refractivity contribution in [2.75, 3.05) is 0 Å². The molecule has 248 valence electrons. The zero-order valence-corrected chi connectivity index (χ0v) is 27.5. The monoisotopic (exact) mass is 651 g/mol. The van der Waals surface area contributed by atoms with Crippen LogP contribution in [0.1, 0.15) is 66.0 Å². The van der Waals surface area contributed by atoms with Gasteiger partial charge in [0.2, 0.25) is 5.91 Å². The SMILES string of the molecule is Cc1cc(Oc2ccc(C(=O)N[C@H](C)C(=O)N3C(c4cccc(F)c4)C(OCc4ccccc4)CC3C(C)(C)C#N)cc2C)c(=O)[nH]n1. The van der Waals surface area contributed by atoms with Gasteiger partial charge in [-0.15, -0.1) is 0 Å². The first kappa shape index (κ1) is 34.0. The van der Waals surface area contributed by atoms with E-state index < -0.39 is 52.8 Å². The van der Waals surface area contributed by atoms with Crippen LogP contribution in [-0.2, 0) is 16.1 Å². The molecule has 48 heavy (non-hydrogen) atoms. The summed E-state index contributed by atoms with van der Waals surface area (Å²) in [4.78, 5) is 41.5. The molecule has 2 amide bonds. The number of rotatable bonds is 10. The summed E-state index contributed by atoms with van der Waals surface area (Å²) in [5.74, 6) is -0.943. The number of carbonyl (C=O) groups is 2. The lowest BCUT2D eigenvalue weighted by molar-refractivity contribution is -0.138. The predicted octanol–water partition coefficient (Wildman–Crippen LogP) is 5.91. The second-order valence-corrected chi connectivity index (χ2v) is 12.6. The molecule has 0 spiro atoms. The first-order valence-electron chi connectivity index (χ1n) is 15.7. The van der Waals surface area contributed by atoms with E-state index in [0.717, 1.165) is 5.56 Å².